The maximum absolute atomic E-state index is 13.0. The molecule has 30 heavy (non-hydrogen) atoms. The van der Waals surface area contributed by atoms with Gasteiger partial charge in [-0.3, -0.25) is 9.69 Å². The zero-order chi connectivity index (χ0) is 21.3. The lowest BCUT2D eigenvalue weighted by Crippen LogP contribution is -2.34. The molecule has 2 aromatic rings. The van der Waals surface area contributed by atoms with Crippen molar-refractivity contribution in [1.82, 2.24) is 14.0 Å². The van der Waals surface area contributed by atoms with Gasteiger partial charge in [0.15, 0.2) is 0 Å². The van der Waals surface area contributed by atoms with Crippen molar-refractivity contribution in [2.45, 2.75) is 58.2 Å². The first kappa shape index (κ1) is 20.7. The smallest absolute Gasteiger partial charge is 0.239 e. The van der Waals surface area contributed by atoms with E-state index < -0.39 is 0 Å². The van der Waals surface area contributed by atoms with E-state index in [4.69, 9.17) is 4.74 Å². The highest BCUT2D eigenvalue weighted by Crippen LogP contribution is 2.32. The van der Waals surface area contributed by atoms with E-state index in [0.717, 1.165) is 50.1 Å². The highest BCUT2D eigenvalue weighted by molar-refractivity contribution is 5.93. The van der Waals surface area contributed by atoms with Crippen molar-refractivity contribution < 1.29 is 9.53 Å². The van der Waals surface area contributed by atoms with Crippen LogP contribution in [0.15, 0.2) is 18.3 Å². The second-order valence-corrected chi connectivity index (χ2v) is 8.51. The average Bonchev–Trinajstić information content (AvgIpc) is 3.49. The van der Waals surface area contributed by atoms with Crippen LogP contribution in [0.4, 0.5) is 5.82 Å². The standard InChI is InChI=1S/C23H31N5O2/c1-16-17(2)28(14-18-7-6-12-30-18)23(19(16)13-24)25-22(29)15-27-11-5-9-21(27)20-8-4-10-26(20)3/h4,8,10,18,21H,5-7,9,11-12,14-15H2,1-3H3,(H,25,29)/t18-,21+/m0/s1. The maximum Gasteiger partial charge on any atom is 0.239 e. The molecule has 7 nitrogen and oxygen atoms in total. The third kappa shape index (κ3) is 3.90. The zero-order valence-electron chi connectivity index (χ0n) is 18.1. The number of nitrogens with zero attached hydrogens (tertiary/aromatic N) is 4. The predicted molar refractivity (Wildman–Crippen MR) is 115 cm³/mol. The van der Waals surface area contributed by atoms with Gasteiger partial charge >= 0.3 is 0 Å². The summed E-state index contributed by atoms with van der Waals surface area (Å²) in [5, 5.41) is 12.8. The molecule has 0 aliphatic carbocycles. The number of likely N-dealkylation sites (tertiary alicyclic amines) is 1. The van der Waals surface area contributed by atoms with Crippen LogP contribution in [0.25, 0.3) is 0 Å². The van der Waals surface area contributed by atoms with Gasteiger partial charge < -0.3 is 19.2 Å². The minimum atomic E-state index is -0.0706. The summed E-state index contributed by atoms with van der Waals surface area (Å²) in [5.74, 6) is 0.543. The fraction of sp³-hybridized carbons (Fsp3) is 0.565. The molecule has 2 saturated heterocycles. The molecule has 2 fully saturated rings. The van der Waals surface area contributed by atoms with Gasteiger partial charge in [-0.25, -0.2) is 0 Å². The number of carbonyl (C=O) groups is 1. The number of hydrogen-bond acceptors (Lipinski definition) is 4. The number of anilines is 1. The SMILES string of the molecule is Cc1c(C#N)c(NC(=O)CN2CCC[C@@H]2c2cccn2C)n(C[C@@H]2CCCO2)c1C. The fourth-order valence-electron chi connectivity index (χ4n) is 4.88. The Morgan fingerprint density at radius 1 is 1.33 bits per heavy atom. The molecule has 0 saturated carbocycles. The van der Waals surface area contributed by atoms with Gasteiger partial charge in [0.05, 0.1) is 30.8 Å². The van der Waals surface area contributed by atoms with Crippen molar-refractivity contribution in [2.75, 3.05) is 25.0 Å². The number of rotatable bonds is 6. The summed E-state index contributed by atoms with van der Waals surface area (Å²) in [6.45, 7) is 6.63. The van der Waals surface area contributed by atoms with Crippen LogP contribution in [0, 0.1) is 25.2 Å². The largest absolute Gasteiger partial charge is 0.376 e. The van der Waals surface area contributed by atoms with E-state index in [2.05, 4.69) is 50.8 Å². The number of nitrogens with one attached hydrogen (secondary N) is 1. The summed E-state index contributed by atoms with van der Waals surface area (Å²) >= 11 is 0. The van der Waals surface area contributed by atoms with Gasteiger partial charge in [-0.1, -0.05) is 0 Å². The molecule has 2 aliphatic rings. The van der Waals surface area contributed by atoms with Crippen molar-refractivity contribution in [1.29, 1.82) is 5.26 Å². The highest BCUT2D eigenvalue weighted by Gasteiger charge is 2.30. The number of nitriles is 1. The molecule has 2 aliphatic heterocycles. The Labute approximate surface area is 178 Å². The van der Waals surface area contributed by atoms with Gasteiger partial charge in [0, 0.05) is 31.2 Å². The Bertz CT molecular complexity index is 961. The number of carbonyl (C=O) groups excluding carboxylic acids is 1. The summed E-state index contributed by atoms with van der Waals surface area (Å²) in [7, 11) is 2.05. The molecule has 2 aromatic heterocycles. The first-order valence-corrected chi connectivity index (χ1v) is 10.9. The minimum absolute atomic E-state index is 0.0706. The topological polar surface area (TPSA) is 75.2 Å². The van der Waals surface area contributed by atoms with Gasteiger partial charge in [-0.15, -0.1) is 0 Å². The first-order chi connectivity index (χ1) is 14.5. The van der Waals surface area contributed by atoms with Crippen LogP contribution in [0.2, 0.25) is 0 Å². The molecular weight excluding hydrogens is 378 g/mol. The van der Waals surface area contributed by atoms with E-state index in [0.29, 0.717) is 24.5 Å². The number of aromatic nitrogens is 2. The Balaban J connectivity index is 1.52. The lowest BCUT2D eigenvalue weighted by atomic mass is 10.1. The lowest BCUT2D eigenvalue weighted by molar-refractivity contribution is -0.117. The van der Waals surface area contributed by atoms with Gasteiger partial charge in [-0.05, 0) is 63.8 Å². The Morgan fingerprint density at radius 3 is 2.83 bits per heavy atom. The second kappa shape index (κ2) is 8.66. The molecule has 0 spiro atoms. The van der Waals surface area contributed by atoms with Crippen LogP contribution in [0.3, 0.4) is 0 Å². The lowest BCUT2D eigenvalue weighted by Gasteiger charge is -2.25. The quantitative estimate of drug-likeness (QED) is 0.795. The van der Waals surface area contributed by atoms with Crippen LogP contribution in [0.1, 0.15) is 54.2 Å². The van der Waals surface area contributed by atoms with Gasteiger partial charge in [0.1, 0.15) is 11.9 Å². The Kier molecular flexibility index (Phi) is 5.98. The fourth-order valence-corrected chi connectivity index (χ4v) is 4.88. The molecule has 1 amide bonds. The van der Waals surface area contributed by atoms with E-state index >= 15 is 0 Å². The number of aryl methyl sites for hydroxylation is 1. The summed E-state index contributed by atoms with van der Waals surface area (Å²) < 4.78 is 9.99. The van der Waals surface area contributed by atoms with Crippen LogP contribution in [0.5, 0.6) is 0 Å². The molecule has 160 valence electrons. The molecule has 0 radical (unpaired) electrons. The van der Waals surface area contributed by atoms with E-state index in [1.807, 2.05) is 13.8 Å². The minimum Gasteiger partial charge on any atom is -0.376 e. The van der Waals surface area contributed by atoms with Gasteiger partial charge in [0.25, 0.3) is 0 Å². The van der Waals surface area contributed by atoms with E-state index in [9.17, 15) is 10.1 Å². The van der Waals surface area contributed by atoms with E-state index in [1.54, 1.807) is 0 Å². The summed E-state index contributed by atoms with van der Waals surface area (Å²) in [6, 6.07) is 6.74. The summed E-state index contributed by atoms with van der Waals surface area (Å²) in [5.41, 5.74) is 3.74. The van der Waals surface area contributed by atoms with Crippen LogP contribution >= 0.6 is 0 Å². The van der Waals surface area contributed by atoms with E-state index in [1.165, 1.54) is 5.69 Å². The zero-order valence-corrected chi connectivity index (χ0v) is 18.1. The number of hydrogen-bond donors (Lipinski definition) is 1. The molecule has 0 unspecified atom stereocenters. The summed E-state index contributed by atoms with van der Waals surface area (Å²) in [6.07, 6.45) is 6.40. The molecule has 0 bridgehead atoms. The molecule has 2 atom stereocenters. The molecule has 1 N–H and O–H groups in total. The third-order valence-corrected chi connectivity index (χ3v) is 6.64. The number of amides is 1. The molecule has 7 heteroatoms. The van der Waals surface area contributed by atoms with Crippen molar-refractivity contribution in [3.63, 3.8) is 0 Å². The summed E-state index contributed by atoms with van der Waals surface area (Å²) in [4.78, 5) is 15.3. The van der Waals surface area contributed by atoms with Crippen LogP contribution in [-0.2, 0) is 23.1 Å². The normalized spacial score (nSPS) is 21.8. The monoisotopic (exact) mass is 409 g/mol. The molecule has 0 aromatic carbocycles. The van der Waals surface area contributed by atoms with Crippen LogP contribution in [-0.4, -0.2) is 45.7 Å². The maximum atomic E-state index is 13.0. The molecule has 4 heterocycles. The third-order valence-electron chi connectivity index (χ3n) is 6.64. The van der Waals surface area contributed by atoms with Crippen molar-refractivity contribution in [3.8, 4) is 6.07 Å². The van der Waals surface area contributed by atoms with Crippen molar-refractivity contribution in [2.24, 2.45) is 7.05 Å². The van der Waals surface area contributed by atoms with Gasteiger partial charge in [0.2, 0.25) is 5.91 Å². The highest BCUT2D eigenvalue weighted by atomic mass is 16.5. The number of ether oxygens (including phenoxy) is 1. The molecular formula is C23H31N5O2. The van der Waals surface area contributed by atoms with Crippen molar-refractivity contribution >= 4 is 11.7 Å². The average molecular weight is 410 g/mol. The Hall–Kier alpha value is -2.56. The predicted octanol–water partition coefficient (Wildman–Crippen LogP) is 3.27. The first-order valence-electron chi connectivity index (χ1n) is 10.9. The van der Waals surface area contributed by atoms with Crippen LogP contribution < -0.4 is 5.32 Å². The Morgan fingerprint density at radius 2 is 2.17 bits per heavy atom. The van der Waals surface area contributed by atoms with Gasteiger partial charge in [-0.2, -0.15) is 5.26 Å². The molecule has 4 rings (SSSR count). The van der Waals surface area contributed by atoms with Crippen molar-refractivity contribution in [3.05, 3.63) is 40.8 Å². The second-order valence-electron chi connectivity index (χ2n) is 8.51. The van der Waals surface area contributed by atoms with E-state index in [-0.39, 0.29) is 18.1 Å².